The fraction of sp³-hybridized carbons (Fsp3) is 0.235. The number of aryl methyl sites for hydroxylation is 2. The lowest BCUT2D eigenvalue weighted by atomic mass is 10.3. The van der Waals surface area contributed by atoms with Crippen LogP contribution in [-0.4, -0.2) is 32.0 Å². The van der Waals surface area contributed by atoms with Crippen molar-refractivity contribution in [3.63, 3.8) is 0 Å². The van der Waals surface area contributed by atoms with E-state index in [4.69, 9.17) is 0 Å². The van der Waals surface area contributed by atoms with Crippen molar-refractivity contribution in [3.8, 4) is 0 Å². The first-order chi connectivity index (χ1) is 11.7. The highest BCUT2D eigenvalue weighted by molar-refractivity contribution is 7.99. The van der Waals surface area contributed by atoms with Crippen LogP contribution in [0.3, 0.4) is 0 Å². The van der Waals surface area contributed by atoms with Crippen molar-refractivity contribution in [2.24, 2.45) is 12.1 Å². The van der Waals surface area contributed by atoms with E-state index in [0.717, 1.165) is 28.4 Å². The first-order valence-corrected chi connectivity index (χ1v) is 8.69. The summed E-state index contributed by atoms with van der Waals surface area (Å²) >= 11 is 1.42. The SMILES string of the molecule is CCn1c(SCC(=O)N/N=C/c2cccn2C)nc2ccccc21. The summed E-state index contributed by atoms with van der Waals surface area (Å²) in [4.78, 5) is 16.5. The molecule has 0 aliphatic carbocycles. The number of nitrogens with one attached hydrogen (secondary N) is 1. The van der Waals surface area contributed by atoms with Crippen LogP contribution in [0.1, 0.15) is 12.6 Å². The zero-order valence-corrected chi connectivity index (χ0v) is 14.5. The second kappa shape index (κ2) is 7.35. The Morgan fingerprint density at radius 1 is 1.33 bits per heavy atom. The number of hydrogen-bond acceptors (Lipinski definition) is 4. The minimum Gasteiger partial charge on any atom is -0.350 e. The van der Waals surface area contributed by atoms with Crippen molar-refractivity contribution < 1.29 is 4.79 Å². The second-order valence-electron chi connectivity index (χ2n) is 5.25. The van der Waals surface area contributed by atoms with Gasteiger partial charge in [0.05, 0.1) is 28.7 Å². The summed E-state index contributed by atoms with van der Waals surface area (Å²) in [6, 6.07) is 11.8. The number of rotatable bonds is 6. The van der Waals surface area contributed by atoms with Crippen molar-refractivity contribution in [1.29, 1.82) is 0 Å². The van der Waals surface area contributed by atoms with E-state index in [2.05, 4.69) is 27.0 Å². The van der Waals surface area contributed by atoms with Gasteiger partial charge in [-0.3, -0.25) is 4.79 Å². The van der Waals surface area contributed by atoms with Gasteiger partial charge < -0.3 is 9.13 Å². The lowest BCUT2D eigenvalue weighted by molar-refractivity contribution is -0.118. The summed E-state index contributed by atoms with van der Waals surface area (Å²) in [6.07, 6.45) is 3.55. The van der Waals surface area contributed by atoms with E-state index in [0.29, 0.717) is 0 Å². The van der Waals surface area contributed by atoms with Gasteiger partial charge in [-0.1, -0.05) is 23.9 Å². The molecule has 0 fully saturated rings. The standard InChI is InChI=1S/C17H19N5OS/c1-3-22-15-9-5-4-8-14(15)19-17(22)24-12-16(23)20-18-11-13-7-6-10-21(13)2/h4-11H,3,12H2,1-2H3,(H,20,23)/b18-11+. The molecule has 0 radical (unpaired) electrons. The zero-order valence-electron chi connectivity index (χ0n) is 13.6. The summed E-state index contributed by atoms with van der Waals surface area (Å²) in [6.45, 7) is 2.89. The van der Waals surface area contributed by atoms with E-state index in [1.165, 1.54) is 11.8 Å². The molecule has 0 spiro atoms. The third-order valence-electron chi connectivity index (χ3n) is 3.64. The van der Waals surface area contributed by atoms with Crippen molar-refractivity contribution in [1.82, 2.24) is 19.5 Å². The van der Waals surface area contributed by atoms with Gasteiger partial charge in [-0.15, -0.1) is 0 Å². The van der Waals surface area contributed by atoms with Crippen LogP contribution in [0.4, 0.5) is 0 Å². The van der Waals surface area contributed by atoms with E-state index < -0.39 is 0 Å². The number of amides is 1. The molecule has 1 amide bonds. The van der Waals surface area contributed by atoms with E-state index >= 15 is 0 Å². The van der Waals surface area contributed by atoms with Gasteiger partial charge in [-0.2, -0.15) is 5.10 Å². The third-order valence-corrected chi connectivity index (χ3v) is 4.61. The van der Waals surface area contributed by atoms with Crippen molar-refractivity contribution in [2.75, 3.05) is 5.75 Å². The van der Waals surface area contributed by atoms with Crippen LogP contribution in [0.5, 0.6) is 0 Å². The molecule has 3 aromatic rings. The first kappa shape index (κ1) is 16.3. The van der Waals surface area contributed by atoms with Crippen LogP contribution >= 0.6 is 11.8 Å². The van der Waals surface area contributed by atoms with Gasteiger partial charge in [0.25, 0.3) is 5.91 Å². The van der Waals surface area contributed by atoms with Gasteiger partial charge in [-0.05, 0) is 31.2 Å². The maximum absolute atomic E-state index is 12.0. The number of imidazole rings is 1. The monoisotopic (exact) mass is 341 g/mol. The highest BCUT2D eigenvalue weighted by Crippen LogP contribution is 2.23. The topological polar surface area (TPSA) is 64.2 Å². The smallest absolute Gasteiger partial charge is 0.250 e. The molecule has 0 saturated heterocycles. The fourth-order valence-electron chi connectivity index (χ4n) is 2.41. The van der Waals surface area contributed by atoms with E-state index in [1.807, 2.05) is 54.2 Å². The molecule has 0 bridgehead atoms. The Labute approximate surface area is 144 Å². The lowest BCUT2D eigenvalue weighted by Crippen LogP contribution is -2.20. The molecule has 1 aromatic carbocycles. The molecule has 0 saturated carbocycles. The molecule has 2 heterocycles. The van der Waals surface area contributed by atoms with Gasteiger partial charge >= 0.3 is 0 Å². The summed E-state index contributed by atoms with van der Waals surface area (Å²) in [5.41, 5.74) is 5.51. The number of hydrogen-bond donors (Lipinski definition) is 1. The number of aromatic nitrogens is 3. The molecule has 1 N–H and O–H groups in total. The fourth-order valence-corrected chi connectivity index (χ4v) is 3.28. The predicted octanol–water partition coefficient (Wildman–Crippen LogP) is 2.64. The second-order valence-corrected chi connectivity index (χ2v) is 6.20. The van der Waals surface area contributed by atoms with Crippen LogP contribution < -0.4 is 5.43 Å². The van der Waals surface area contributed by atoms with Gasteiger partial charge in [0.15, 0.2) is 5.16 Å². The van der Waals surface area contributed by atoms with Crippen LogP contribution in [-0.2, 0) is 18.4 Å². The quantitative estimate of drug-likeness (QED) is 0.426. The number of carbonyl (C=O) groups is 1. The normalized spacial score (nSPS) is 11.4. The molecule has 6 nitrogen and oxygen atoms in total. The van der Waals surface area contributed by atoms with Crippen LogP contribution in [0.25, 0.3) is 11.0 Å². The van der Waals surface area contributed by atoms with E-state index in [9.17, 15) is 4.79 Å². The molecule has 124 valence electrons. The van der Waals surface area contributed by atoms with Crippen molar-refractivity contribution in [3.05, 3.63) is 48.3 Å². The number of para-hydroxylation sites is 2. The third kappa shape index (κ3) is 3.51. The maximum atomic E-state index is 12.0. The Morgan fingerprint density at radius 2 is 2.17 bits per heavy atom. The molecule has 0 atom stereocenters. The maximum Gasteiger partial charge on any atom is 0.250 e. The highest BCUT2D eigenvalue weighted by Gasteiger charge is 2.11. The van der Waals surface area contributed by atoms with Crippen LogP contribution in [0.15, 0.2) is 52.9 Å². The number of thioether (sulfide) groups is 1. The highest BCUT2D eigenvalue weighted by atomic mass is 32.2. The van der Waals surface area contributed by atoms with Gasteiger partial charge in [0, 0.05) is 19.8 Å². The lowest BCUT2D eigenvalue weighted by Gasteiger charge is -2.04. The molecular formula is C17H19N5OS. The Bertz CT molecular complexity index is 880. The van der Waals surface area contributed by atoms with Crippen molar-refractivity contribution in [2.45, 2.75) is 18.6 Å². The minimum absolute atomic E-state index is 0.153. The summed E-state index contributed by atoms with van der Waals surface area (Å²) in [5, 5.41) is 4.83. The van der Waals surface area contributed by atoms with E-state index in [1.54, 1.807) is 6.21 Å². The van der Waals surface area contributed by atoms with Gasteiger partial charge in [0.1, 0.15) is 0 Å². The summed E-state index contributed by atoms with van der Waals surface area (Å²) in [5.74, 6) is 0.119. The molecule has 2 aromatic heterocycles. The van der Waals surface area contributed by atoms with Gasteiger partial charge in [0.2, 0.25) is 0 Å². The molecule has 0 unspecified atom stereocenters. The van der Waals surface area contributed by atoms with E-state index in [-0.39, 0.29) is 11.7 Å². The number of benzene rings is 1. The molecule has 24 heavy (non-hydrogen) atoms. The Balaban J connectivity index is 1.60. The predicted molar refractivity (Wildman–Crippen MR) is 97.3 cm³/mol. The largest absolute Gasteiger partial charge is 0.350 e. The molecule has 7 heteroatoms. The molecule has 0 aliphatic heterocycles. The van der Waals surface area contributed by atoms with Crippen LogP contribution in [0, 0.1) is 0 Å². The molecule has 3 rings (SSSR count). The molecular weight excluding hydrogens is 322 g/mol. The number of nitrogens with zero attached hydrogens (tertiary/aromatic N) is 4. The first-order valence-electron chi connectivity index (χ1n) is 7.70. The Hall–Kier alpha value is -2.54. The minimum atomic E-state index is -0.153. The number of carbonyl (C=O) groups excluding carboxylic acids is 1. The number of hydrazone groups is 1. The van der Waals surface area contributed by atoms with Gasteiger partial charge in [-0.25, -0.2) is 10.4 Å². The average Bonchev–Trinajstić information content (AvgIpc) is 3.16. The number of fused-ring (bicyclic) bond motifs is 1. The summed E-state index contributed by atoms with van der Waals surface area (Å²) < 4.78 is 4.04. The zero-order chi connectivity index (χ0) is 16.9. The average molecular weight is 341 g/mol. The Kier molecular flexibility index (Phi) is 5.00. The Morgan fingerprint density at radius 3 is 2.92 bits per heavy atom. The summed E-state index contributed by atoms with van der Waals surface area (Å²) in [7, 11) is 1.92. The molecule has 0 aliphatic rings. The van der Waals surface area contributed by atoms with Crippen molar-refractivity contribution >= 4 is 34.9 Å². The van der Waals surface area contributed by atoms with Crippen LogP contribution in [0.2, 0.25) is 0 Å².